The molecule has 246 valence electrons. The van der Waals surface area contributed by atoms with Crippen LogP contribution < -0.4 is 0 Å². The van der Waals surface area contributed by atoms with Gasteiger partial charge in [0.25, 0.3) is 0 Å². The van der Waals surface area contributed by atoms with Gasteiger partial charge in [0.05, 0.1) is 5.41 Å². The van der Waals surface area contributed by atoms with E-state index >= 15 is 0 Å². The third kappa shape index (κ3) is 4.54. The fraction of sp³-hybridized carbons (Fsp3) is 0.872. The third-order valence-corrected chi connectivity index (χ3v) is 15.6. The number of ether oxygens (including phenoxy) is 2. The number of allylic oxidation sites excluding steroid dienone is 2. The van der Waals surface area contributed by atoms with Crippen LogP contribution >= 0.6 is 0 Å². The second-order valence-electron chi connectivity index (χ2n) is 18.4. The topological polar surface area (TPSA) is 69.7 Å². The van der Waals surface area contributed by atoms with Gasteiger partial charge in [-0.25, -0.2) is 0 Å². The maximum Gasteiger partial charge on any atom is 0.312 e. The molecule has 0 saturated heterocycles. The molecule has 0 N–H and O–H groups in total. The lowest BCUT2D eigenvalue weighted by molar-refractivity contribution is -0.210. The van der Waals surface area contributed by atoms with E-state index < -0.39 is 5.41 Å². The highest BCUT2D eigenvalue weighted by atomic mass is 16.5. The number of hydrogen-bond donors (Lipinski definition) is 0. The minimum atomic E-state index is -0.510. The largest absolute Gasteiger partial charge is 0.462 e. The van der Waals surface area contributed by atoms with Crippen molar-refractivity contribution in [1.82, 2.24) is 0 Å². The molecule has 0 aromatic rings. The van der Waals surface area contributed by atoms with E-state index in [2.05, 4.69) is 61.5 Å². The Hall–Kier alpha value is -1.65. The summed E-state index contributed by atoms with van der Waals surface area (Å²) in [5, 5.41) is 0. The zero-order valence-electron chi connectivity index (χ0n) is 29.3. The van der Waals surface area contributed by atoms with Gasteiger partial charge in [0.1, 0.15) is 12.2 Å². The van der Waals surface area contributed by atoms with Gasteiger partial charge in [-0.15, -0.1) is 0 Å². The fourth-order valence-electron chi connectivity index (χ4n) is 12.5. The molecular formula is C39H60O5. The van der Waals surface area contributed by atoms with Gasteiger partial charge in [0, 0.05) is 18.3 Å². The molecule has 6 aliphatic carbocycles. The molecule has 5 saturated carbocycles. The van der Waals surface area contributed by atoms with Gasteiger partial charge < -0.3 is 9.47 Å². The Bertz CT molecular complexity index is 1250. The average Bonchev–Trinajstić information content (AvgIpc) is 2.93. The van der Waals surface area contributed by atoms with Crippen LogP contribution in [-0.2, 0) is 23.9 Å². The highest BCUT2D eigenvalue weighted by molar-refractivity contribution is 5.95. The van der Waals surface area contributed by atoms with Crippen molar-refractivity contribution in [2.45, 2.75) is 158 Å². The molecule has 5 nitrogen and oxygen atoms in total. The Morgan fingerprint density at radius 2 is 1.50 bits per heavy atom. The summed E-state index contributed by atoms with van der Waals surface area (Å²) in [7, 11) is 0. The number of fused-ring (bicyclic) bond motifs is 7. The molecule has 0 amide bonds. The van der Waals surface area contributed by atoms with Crippen molar-refractivity contribution in [1.29, 1.82) is 0 Å². The lowest BCUT2D eigenvalue weighted by Crippen LogP contribution is -2.66. The van der Waals surface area contributed by atoms with Crippen molar-refractivity contribution < 1.29 is 23.9 Å². The van der Waals surface area contributed by atoms with Crippen molar-refractivity contribution in [2.75, 3.05) is 0 Å². The molecular weight excluding hydrogens is 548 g/mol. The Labute approximate surface area is 267 Å². The van der Waals surface area contributed by atoms with E-state index in [0.29, 0.717) is 17.6 Å². The van der Waals surface area contributed by atoms with Crippen LogP contribution in [0.3, 0.4) is 0 Å². The number of ketones is 1. The molecule has 0 aromatic heterocycles. The normalized spacial score (nSPS) is 49.8. The summed E-state index contributed by atoms with van der Waals surface area (Å²) in [6.07, 6.45) is 15.3. The van der Waals surface area contributed by atoms with Gasteiger partial charge in [0.15, 0.2) is 5.78 Å². The summed E-state index contributed by atoms with van der Waals surface area (Å²) in [6, 6.07) is 0. The van der Waals surface area contributed by atoms with Crippen molar-refractivity contribution in [3.8, 4) is 0 Å². The van der Waals surface area contributed by atoms with Crippen LogP contribution in [0.4, 0.5) is 0 Å². The van der Waals surface area contributed by atoms with Crippen molar-refractivity contribution in [2.24, 2.45) is 56.2 Å². The molecule has 0 spiro atoms. The Balaban J connectivity index is 1.33. The maximum atomic E-state index is 14.7. The summed E-state index contributed by atoms with van der Waals surface area (Å²) in [6.45, 7) is 20.2. The zero-order chi connectivity index (χ0) is 32.1. The quantitative estimate of drug-likeness (QED) is 0.299. The first kappa shape index (κ1) is 32.3. The van der Waals surface area contributed by atoms with Crippen LogP contribution in [0.25, 0.3) is 0 Å². The number of carbonyl (C=O) groups excluding carboxylic acids is 3. The highest BCUT2D eigenvalue weighted by Crippen LogP contribution is 2.75. The fourth-order valence-corrected chi connectivity index (χ4v) is 12.5. The maximum absolute atomic E-state index is 14.7. The third-order valence-electron chi connectivity index (χ3n) is 15.6. The summed E-state index contributed by atoms with van der Waals surface area (Å²) in [5.41, 5.74) is 0.393. The van der Waals surface area contributed by atoms with E-state index in [1.165, 1.54) is 18.9 Å². The van der Waals surface area contributed by atoms with Gasteiger partial charge in [-0.3, -0.25) is 14.4 Å². The van der Waals surface area contributed by atoms with E-state index in [9.17, 15) is 14.4 Å². The first-order valence-corrected chi connectivity index (χ1v) is 18.1. The van der Waals surface area contributed by atoms with E-state index in [4.69, 9.17) is 9.47 Å². The van der Waals surface area contributed by atoms with Crippen molar-refractivity contribution >= 4 is 17.7 Å². The molecule has 0 aliphatic heterocycles. The van der Waals surface area contributed by atoms with Crippen LogP contribution in [0, 0.1) is 56.2 Å². The van der Waals surface area contributed by atoms with Crippen LogP contribution in [0.1, 0.15) is 146 Å². The first-order valence-electron chi connectivity index (χ1n) is 18.1. The predicted molar refractivity (Wildman–Crippen MR) is 172 cm³/mol. The Morgan fingerprint density at radius 1 is 0.818 bits per heavy atom. The number of hydrogen-bond acceptors (Lipinski definition) is 5. The standard InChI is InChI=1S/C39H60O5/c1-24-12-10-11-13-29(24)44-33(42)36(6)19-18-35(5)20-21-38(8)26(27(35)23-36)22-28(41)32-37(7)16-15-31(43-25(2)40)34(3,4)30(37)14-17-39(32,38)9/h22,24,27,29-32H,10-21,23H2,1-9H3/t24-,27-,29+,30+,31+,32+,35-,36+,37+,38+,39+/m0/s1. The zero-order valence-corrected chi connectivity index (χ0v) is 29.3. The molecule has 0 radical (unpaired) electrons. The number of esters is 2. The van der Waals surface area contributed by atoms with Gasteiger partial charge in [-0.1, -0.05) is 60.5 Å². The van der Waals surface area contributed by atoms with Gasteiger partial charge in [-0.2, -0.15) is 0 Å². The van der Waals surface area contributed by atoms with E-state index in [0.717, 1.165) is 77.0 Å². The van der Waals surface area contributed by atoms with Crippen molar-refractivity contribution in [3.05, 3.63) is 11.6 Å². The van der Waals surface area contributed by atoms with Crippen LogP contribution in [0.15, 0.2) is 11.6 Å². The van der Waals surface area contributed by atoms with Gasteiger partial charge >= 0.3 is 11.9 Å². The highest BCUT2D eigenvalue weighted by Gasteiger charge is 2.70. The summed E-state index contributed by atoms with van der Waals surface area (Å²) >= 11 is 0. The molecule has 6 aliphatic rings. The summed E-state index contributed by atoms with van der Waals surface area (Å²) in [5.74, 6) is 1.03. The minimum Gasteiger partial charge on any atom is -0.462 e. The molecule has 6 rings (SSSR count). The lowest BCUT2D eigenvalue weighted by Gasteiger charge is -2.70. The second kappa shape index (κ2) is 10.4. The van der Waals surface area contributed by atoms with Crippen LogP contribution in [0.2, 0.25) is 0 Å². The van der Waals surface area contributed by atoms with Gasteiger partial charge in [0.2, 0.25) is 0 Å². The van der Waals surface area contributed by atoms with Crippen LogP contribution in [0.5, 0.6) is 0 Å². The Morgan fingerprint density at radius 3 is 2.18 bits per heavy atom. The Kier molecular flexibility index (Phi) is 7.65. The number of rotatable bonds is 3. The molecule has 0 aromatic carbocycles. The van der Waals surface area contributed by atoms with E-state index in [1.54, 1.807) is 0 Å². The summed E-state index contributed by atoms with van der Waals surface area (Å²) in [4.78, 5) is 40.6. The molecule has 0 unspecified atom stereocenters. The average molecular weight is 609 g/mol. The molecule has 5 heteroatoms. The monoisotopic (exact) mass is 608 g/mol. The molecule has 0 bridgehead atoms. The summed E-state index contributed by atoms with van der Waals surface area (Å²) < 4.78 is 12.2. The minimum absolute atomic E-state index is 0.00260. The smallest absolute Gasteiger partial charge is 0.312 e. The van der Waals surface area contributed by atoms with Crippen molar-refractivity contribution in [3.63, 3.8) is 0 Å². The first-order chi connectivity index (χ1) is 20.4. The second-order valence-corrected chi connectivity index (χ2v) is 18.4. The molecule has 5 fully saturated rings. The molecule has 0 heterocycles. The predicted octanol–water partition coefficient (Wildman–Crippen LogP) is 9.02. The molecule has 44 heavy (non-hydrogen) atoms. The molecule has 11 atom stereocenters. The van der Waals surface area contributed by atoms with E-state index in [1.807, 2.05) is 0 Å². The SMILES string of the molecule is CC(=O)O[C@@H]1CC[C@]2(C)[C@H](CC[C@]3(C)[C@@H]2C(=O)C=C2[C@@H]4C[C@](C)(C(=O)O[C@@H]5CCCC[C@@H]5C)CC[C@@]4(C)CC[C@]23C)C1(C)C. The lowest BCUT2D eigenvalue weighted by atomic mass is 9.33. The van der Waals surface area contributed by atoms with Gasteiger partial charge in [-0.05, 0) is 129 Å². The number of carbonyl (C=O) groups is 3. The van der Waals surface area contributed by atoms with Crippen LogP contribution in [-0.4, -0.2) is 29.9 Å². The van der Waals surface area contributed by atoms with E-state index in [-0.39, 0.29) is 63.1 Å².